The number of amides is 1. The smallest absolute Gasteiger partial charge is 0.227 e. The zero-order valence-corrected chi connectivity index (χ0v) is 12.9. The van der Waals surface area contributed by atoms with Gasteiger partial charge in [0.2, 0.25) is 5.91 Å². The molecule has 110 valence electrons. The molecule has 1 unspecified atom stereocenters. The highest BCUT2D eigenvalue weighted by atomic mass is 32.2. The number of hydrogen-bond donors (Lipinski definition) is 0. The average Bonchev–Trinajstić information content (AvgIpc) is 3.00. The quantitative estimate of drug-likeness (QED) is 0.872. The zero-order chi connectivity index (χ0) is 15.0. The van der Waals surface area contributed by atoms with Crippen LogP contribution in [0.2, 0.25) is 0 Å². The van der Waals surface area contributed by atoms with E-state index in [2.05, 4.69) is 5.10 Å². The monoisotopic (exact) mass is 303 g/mol. The van der Waals surface area contributed by atoms with Crippen LogP contribution in [-0.2, 0) is 16.6 Å². The van der Waals surface area contributed by atoms with Gasteiger partial charge in [-0.3, -0.25) is 14.3 Å². The summed E-state index contributed by atoms with van der Waals surface area (Å²) in [5.41, 5.74) is 1.96. The van der Waals surface area contributed by atoms with Crippen LogP contribution in [0.3, 0.4) is 0 Å². The fourth-order valence-electron chi connectivity index (χ4n) is 2.70. The molecule has 0 saturated carbocycles. The number of benzene rings is 1. The zero-order valence-electron chi connectivity index (χ0n) is 12.1. The molecule has 0 aliphatic carbocycles. The predicted molar refractivity (Wildman–Crippen MR) is 84.3 cm³/mol. The third-order valence-corrected chi connectivity index (χ3v) is 4.81. The Bertz CT molecular complexity index is 710. The van der Waals surface area contributed by atoms with Gasteiger partial charge in [-0.05, 0) is 24.1 Å². The first-order valence-corrected chi connectivity index (χ1v) is 7.88. The van der Waals surface area contributed by atoms with E-state index in [1.807, 2.05) is 41.0 Å². The lowest BCUT2D eigenvalue weighted by Crippen LogP contribution is -2.24. The van der Waals surface area contributed by atoms with Gasteiger partial charge in [0.25, 0.3) is 0 Å². The lowest BCUT2D eigenvalue weighted by Gasteiger charge is -2.16. The van der Waals surface area contributed by atoms with Crippen molar-refractivity contribution in [2.24, 2.45) is 13.0 Å². The molecule has 1 aliphatic heterocycles. The first-order chi connectivity index (χ1) is 10.0. The summed E-state index contributed by atoms with van der Waals surface area (Å²) in [6.45, 7) is 2.25. The summed E-state index contributed by atoms with van der Waals surface area (Å²) < 4.78 is 1.82. The van der Waals surface area contributed by atoms with Crippen molar-refractivity contribution in [2.75, 3.05) is 17.2 Å². The van der Waals surface area contributed by atoms with Gasteiger partial charge in [0, 0.05) is 43.8 Å². The van der Waals surface area contributed by atoms with E-state index in [4.69, 9.17) is 0 Å². The molecule has 21 heavy (non-hydrogen) atoms. The number of carbonyl (C=O) groups is 2. The van der Waals surface area contributed by atoms with Gasteiger partial charge in [-0.1, -0.05) is 11.8 Å². The molecule has 1 amide bonds. The molecular weight excluding hydrogens is 286 g/mol. The fraction of sp³-hybridized carbons (Fsp3) is 0.400. The van der Waals surface area contributed by atoms with E-state index >= 15 is 0 Å². The second-order valence-electron chi connectivity index (χ2n) is 5.39. The topological polar surface area (TPSA) is 55.2 Å². The predicted octanol–water partition coefficient (Wildman–Crippen LogP) is 2.21. The molecule has 1 saturated heterocycles. The third-order valence-electron chi connectivity index (χ3n) is 3.77. The van der Waals surface area contributed by atoms with E-state index in [-0.39, 0.29) is 16.9 Å². The molecule has 1 atom stereocenters. The molecule has 0 radical (unpaired) electrons. The minimum Gasteiger partial charge on any atom is -0.312 e. The van der Waals surface area contributed by atoms with Gasteiger partial charge in [0.15, 0.2) is 5.12 Å². The van der Waals surface area contributed by atoms with Crippen molar-refractivity contribution < 1.29 is 9.59 Å². The van der Waals surface area contributed by atoms with Crippen LogP contribution in [0.25, 0.3) is 10.9 Å². The highest BCUT2D eigenvalue weighted by Gasteiger charge is 2.30. The van der Waals surface area contributed by atoms with Crippen LogP contribution in [0.5, 0.6) is 0 Å². The lowest BCUT2D eigenvalue weighted by molar-refractivity contribution is -0.117. The molecule has 0 N–H and O–H groups in total. The van der Waals surface area contributed by atoms with E-state index in [0.29, 0.717) is 18.7 Å². The number of nitrogens with zero attached hydrogens (tertiary/aromatic N) is 3. The number of thioether (sulfide) groups is 1. The van der Waals surface area contributed by atoms with Gasteiger partial charge in [0.1, 0.15) is 0 Å². The van der Waals surface area contributed by atoms with Crippen molar-refractivity contribution in [2.45, 2.75) is 13.3 Å². The molecule has 3 rings (SSSR count). The third kappa shape index (κ3) is 2.81. The van der Waals surface area contributed by atoms with Crippen molar-refractivity contribution in [3.8, 4) is 0 Å². The number of aromatic nitrogens is 2. The Labute approximate surface area is 127 Å². The average molecular weight is 303 g/mol. The Kier molecular flexibility index (Phi) is 3.71. The Hall–Kier alpha value is -1.82. The molecule has 0 spiro atoms. The summed E-state index contributed by atoms with van der Waals surface area (Å²) in [4.78, 5) is 25.0. The number of carbonyl (C=O) groups excluding carboxylic acids is 2. The minimum absolute atomic E-state index is 0.109. The Morgan fingerprint density at radius 2 is 2.29 bits per heavy atom. The number of anilines is 1. The molecule has 5 nitrogen and oxygen atoms in total. The van der Waals surface area contributed by atoms with Crippen molar-refractivity contribution in [3.05, 3.63) is 24.4 Å². The van der Waals surface area contributed by atoms with E-state index in [0.717, 1.165) is 16.6 Å². The molecule has 2 aromatic rings. The van der Waals surface area contributed by atoms with Crippen molar-refractivity contribution in [3.63, 3.8) is 0 Å². The van der Waals surface area contributed by atoms with Crippen LogP contribution in [0, 0.1) is 5.92 Å². The van der Waals surface area contributed by atoms with Gasteiger partial charge in [0.05, 0.1) is 11.7 Å². The molecule has 1 fully saturated rings. The Morgan fingerprint density at radius 3 is 3.05 bits per heavy atom. The molecule has 1 aromatic carbocycles. The Morgan fingerprint density at radius 1 is 1.48 bits per heavy atom. The minimum atomic E-state index is 0.109. The molecule has 2 heterocycles. The summed E-state index contributed by atoms with van der Waals surface area (Å²) in [7, 11) is 1.90. The highest BCUT2D eigenvalue weighted by Crippen LogP contribution is 2.29. The first-order valence-electron chi connectivity index (χ1n) is 6.90. The largest absolute Gasteiger partial charge is 0.312 e. The van der Waals surface area contributed by atoms with Gasteiger partial charge in [-0.25, -0.2) is 0 Å². The van der Waals surface area contributed by atoms with Crippen molar-refractivity contribution >= 4 is 39.4 Å². The molecule has 0 bridgehead atoms. The molecular formula is C15H17N3O2S. The van der Waals surface area contributed by atoms with E-state index in [1.165, 1.54) is 11.8 Å². The SMILES string of the molecule is CC(=O)SCC1CC(=O)N(c2ccc3c(cnn3C)c2)C1. The van der Waals surface area contributed by atoms with Gasteiger partial charge < -0.3 is 4.90 Å². The summed E-state index contributed by atoms with van der Waals surface area (Å²) >= 11 is 1.30. The van der Waals surface area contributed by atoms with Gasteiger partial charge >= 0.3 is 0 Å². The normalized spacial score (nSPS) is 18.7. The van der Waals surface area contributed by atoms with Crippen LogP contribution in [0.1, 0.15) is 13.3 Å². The first kappa shape index (κ1) is 14.1. The fourth-order valence-corrected chi connectivity index (χ4v) is 3.39. The summed E-state index contributed by atoms with van der Waals surface area (Å²) in [6.07, 6.45) is 2.33. The van der Waals surface area contributed by atoms with E-state index in [1.54, 1.807) is 6.92 Å². The van der Waals surface area contributed by atoms with Crippen LogP contribution in [0.4, 0.5) is 5.69 Å². The Balaban J connectivity index is 1.78. The van der Waals surface area contributed by atoms with Crippen molar-refractivity contribution in [1.82, 2.24) is 9.78 Å². The molecule has 1 aromatic heterocycles. The summed E-state index contributed by atoms with van der Waals surface area (Å²) in [5.74, 6) is 1.09. The molecule has 1 aliphatic rings. The van der Waals surface area contributed by atoms with Crippen LogP contribution in [0.15, 0.2) is 24.4 Å². The maximum atomic E-state index is 12.2. The summed E-state index contributed by atoms with van der Waals surface area (Å²) in [5, 5.41) is 5.36. The second-order valence-corrected chi connectivity index (χ2v) is 6.59. The van der Waals surface area contributed by atoms with Crippen molar-refractivity contribution in [1.29, 1.82) is 0 Å². The van der Waals surface area contributed by atoms with E-state index < -0.39 is 0 Å². The number of aryl methyl sites for hydroxylation is 1. The second kappa shape index (κ2) is 5.52. The van der Waals surface area contributed by atoms with Gasteiger partial charge in [-0.2, -0.15) is 5.10 Å². The van der Waals surface area contributed by atoms with Crippen LogP contribution < -0.4 is 4.90 Å². The lowest BCUT2D eigenvalue weighted by atomic mass is 10.1. The van der Waals surface area contributed by atoms with E-state index in [9.17, 15) is 9.59 Å². The maximum absolute atomic E-state index is 12.2. The number of rotatable bonds is 3. The van der Waals surface area contributed by atoms with Crippen LogP contribution >= 0.6 is 11.8 Å². The van der Waals surface area contributed by atoms with Crippen LogP contribution in [-0.4, -0.2) is 33.1 Å². The molecule has 6 heteroatoms. The van der Waals surface area contributed by atoms with Gasteiger partial charge in [-0.15, -0.1) is 0 Å². The highest BCUT2D eigenvalue weighted by molar-refractivity contribution is 8.13. The summed E-state index contributed by atoms with van der Waals surface area (Å²) in [6, 6.07) is 5.95. The number of hydrogen-bond acceptors (Lipinski definition) is 4. The standard InChI is InChI=1S/C15H17N3O2S/c1-10(19)21-9-11-5-15(20)18(8-11)13-3-4-14-12(6-13)7-16-17(14)2/h3-4,6-7,11H,5,8-9H2,1-2H3. The maximum Gasteiger partial charge on any atom is 0.227 e. The number of fused-ring (bicyclic) bond motifs is 1.